The Balaban J connectivity index is 0.000000255. The Morgan fingerprint density at radius 2 is 2.29 bits per heavy atom. The van der Waals surface area contributed by atoms with Crippen molar-refractivity contribution in [3.63, 3.8) is 0 Å². The molecule has 0 aliphatic carbocycles. The molecule has 14 heavy (non-hydrogen) atoms. The van der Waals surface area contributed by atoms with Crippen molar-refractivity contribution in [2.24, 2.45) is 0 Å². The minimum atomic E-state index is 0.476. The molecule has 3 nitrogen and oxygen atoms in total. The first-order valence-corrected chi connectivity index (χ1v) is 5.28. The molecule has 84 valence electrons. The number of morpholine rings is 1. The van der Waals surface area contributed by atoms with Crippen LogP contribution in [0.5, 0.6) is 0 Å². The van der Waals surface area contributed by atoms with Crippen molar-refractivity contribution in [2.45, 2.75) is 19.4 Å². The summed E-state index contributed by atoms with van der Waals surface area (Å²) in [6.45, 7) is 9.63. The summed E-state index contributed by atoms with van der Waals surface area (Å²) in [5.74, 6) is 0. The van der Waals surface area contributed by atoms with Gasteiger partial charge in [-0.05, 0) is 20.5 Å². The molecule has 1 saturated heterocycles. The van der Waals surface area contributed by atoms with Crippen LogP contribution >= 0.6 is 0 Å². The zero-order valence-corrected chi connectivity index (χ0v) is 9.75. The van der Waals surface area contributed by atoms with Crippen LogP contribution < -0.4 is 5.32 Å². The average Bonchev–Trinajstić information content (AvgIpc) is 2.20. The summed E-state index contributed by atoms with van der Waals surface area (Å²) >= 11 is 0. The summed E-state index contributed by atoms with van der Waals surface area (Å²) in [5.41, 5.74) is 0. The van der Waals surface area contributed by atoms with E-state index < -0.39 is 0 Å². The molecule has 1 aliphatic rings. The van der Waals surface area contributed by atoms with Gasteiger partial charge >= 0.3 is 0 Å². The fourth-order valence-corrected chi connectivity index (χ4v) is 1.14. The van der Waals surface area contributed by atoms with Crippen molar-refractivity contribution < 1.29 is 4.74 Å². The van der Waals surface area contributed by atoms with Crippen molar-refractivity contribution >= 4 is 0 Å². The zero-order chi connectivity index (χ0) is 10.8. The average molecular weight is 200 g/mol. The molecule has 1 rings (SSSR count). The van der Waals surface area contributed by atoms with Crippen molar-refractivity contribution in [1.82, 2.24) is 10.2 Å². The third-order valence-electron chi connectivity index (χ3n) is 1.95. The molecule has 1 aliphatic heterocycles. The first kappa shape index (κ1) is 13.6. The van der Waals surface area contributed by atoms with Gasteiger partial charge in [0.05, 0.1) is 12.7 Å². The smallest absolute Gasteiger partial charge is 0.0697 e. The molecular formula is C11H24N2O. The van der Waals surface area contributed by atoms with Crippen LogP contribution in [0, 0.1) is 0 Å². The van der Waals surface area contributed by atoms with E-state index >= 15 is 0 Å². The number of hydrogen-bond donors (Lipinski definition) is 1. The second kappa shape index (κ2) is 9.19. The highest BCUT2D eigenvalue weighted by molar-refractivity contribution is 4.68. The van der Waals surface area contributed by atoms with Gasteiger partial charge in [-0.2, -0.15) is 0 Å². The summed E-state index contributed by atoms with van der Waals surface area (Å²) in [4.78, 5) is 2.06. The molecule has 0 aromatic heterocycles. The number of nitrogens with one attached hydrogen (secondary N) is 1. The Kier molecular flexibility index (Phi) is 8.94. The Bertz CT molecular complexity index is 131. The molecule has 1 fully saturated rings. The molecular weight excluding hydrogens is 176 g/mol. The first-order valence-electron chi connectivity index (χ1n) is 5.28. The molecule has 1 atom stereocenters. The van der Waals surface area contributed by atoms with E-state index in [1.807, 2.05) is 20.2 Å². The molecule has 0 aromatic rings. The number of nitrogens with zero attached hydrogens (tertiary/aromatic N) is 1. The molecule has 0 amide bonds. The number of rotatable bonds is 3. The van der Waals surface area contributed by atoms with Gasteiger partial charge in [-0.25, -0.2) is 0 Å². The third kappa shape index (κ3) is 8.23. The van der Waals surface area contributed by atoms with Crippen LogP contribution in [0.15, 0.2) is 12.7 Å². The number of ether oxygens (including phenoxy) is 1. The van der Waals surface area contributed by atoms with Crippen LogP contribution in [-0.4, -0.2) is 51.3 Å². The van der Waals surface area contributed by atoms with E-state index in [-0.39, 0.29) is 0 Å². The zero-order valence-electron chi connectivity index (χ0n) is 9.75. The molecule has 0 aromatic carbocycles. The second-order valence-corrected chi connectivity index (χ2v) is 3.66. The molecule has 1 N–H and O–H groups in total. The summed E-state index contributed by atoms with van der Waals surface area (Å²) in [7, 11) is 4.03. The Morgan fingerprint density at radius 3 is 2.50 bits per heavy atom. The predicted molar refractivity (Wildman–Crippen MR) is 61.7 cm³/mol. The standard InChI is InChI=1S/C6H13NO.C5H11N/c1-2-6-5-7-3-4-8-6;1-4-5-6(2)3/h6-7H,2-5H2,1H3;4H,1,5H2,2-3H3. The normalized spacial score (nSPS) is 21.3. The number of hydrogen-bond acceptors (Lipinski definition) is 3. The first-order chi connectivity index (χ1) is 6.70. The topological polar surface area (TPSA) is 24.5 Å². The molecule has 0 spiro atoms. The maximum Gasteiger partial charge on any atom is 0.0697 e. The van der Waals surface area contributed by atoms with Crippen molar-refractivity contribution in [2.75, 3.05) is 40.3 Å². The minimum absolute atomic E-state index is 0.476. The molecule has 0 radical (unpaired) electrons. The SMILES string of the molecule is C=CCN(C)C.CCC1CNCCO1. The lowest BCUT2D eigenvalue weighted by Crippen LogP contribution is -2.37. The maximum absolute atomic E-state index is 5.36. The van der Waals surface area contributed by atoms with Gasteiger partial charge in [0.25, 0.3) is 0 Å². The largest absolute Gasteiger partial charge is 0.376 e. The molecule has 0 saturated carbocycles. The third-order valence-corrected chi connectivity index (χ3v) is 1.95. The van der Waals surface area contributed by atoms with Crippen molar-refractivity contribution in [1.29, 1.82) is 0 Å². The van der Waals surface area contributed by atoms with Crippen molar-refractivity contribution in [3.05, 3.63) is 12.7 Å². The van der Waals surface area contributed by atoms with Crippen LogP contribution in [-0.2, 0) is 4.74 Å². The lowest BCUT2D eigenvalue weighted by molar-refractivity contribution is 0.0267. The van der Waals surface area contributed by atoms with E-state index in [9.17, 15) is 0 Å². The molecule has 1 unspecified atom stereocenters. The van der Waals surface area contributed by atoms with Crippen LogP contribution in [0.25, 0.3) is 0 Å². The minimum Gasteiger partial charge on any atom is -0.376 e. The predicted octanol–water partition coefficient (Wildman–Crippen LogP) is 1.12. The summed E-state index contributed by atoms with van der Waals surface area (Å²) in [6, 6.07) is 0. The molecule has 3 heteroatoms. The molecule has 0 bridgehead atoms. The fraction of sp³-hybridized carbons (Fsp3) is 0.818. The van der Waals surface area contributed by atoms with Gasteiger partial charge in [-0.1, -0.05) is 13.0 Å². The van der Waals surface area contributed by atoms with Crippen molar-refractivity contribution in [3.8, 4) is 0 Å². The Hall–Kier alpha value is -0.380. The van der Waals surface area contributed by atoms with Gasteiger partial charge in [-0.15, -0.1) is 6.58 Å². The van der Waals surface area contributed by atoms with Gasteiger partial charge in [-0.3, -0.25) is 0 Å². The van der Waals surface area contributed by atoms with Gasteiger partial charge in [0, 0.05) is 19.6 Å². The van der Waals surface area contributed by atoms with E-state index in [1.54, 1.807) is 0 Å². The number of likely N-dealkylation sites (N-methyl/N-ethyl adjacent to an activating group) is 1. The highest BCUT2D eigenvalue weighted by atomic mass is 16.5. The maximum atomic E-state index is 5.36. The van der Waals surface area contributed by atoms with E-state index in [0.29, 0.717) is 6.10 Å². The van der Waals surface area contributed by atoms with Crippen LogP contribution in [0.1, 0.15) is 13.3 Å². The van der Waals surface area contributed by atoms with E-state index in [0.717, 1.165) is 32.7 Å². The van der Waals surface area contributed by atoms with Gasteiger partial charge < -0.3 is 15.0 Å². The highest BCUT2D eigenvalue weighted by Crippen LogP contribution is 1.98. The summed E-state index contributed by atoms with van der Waals surface area (Å²) in [6.07, 6.45) is 3.48. The van der Waals surface area contributed by atoms with Gasteiger partial charge in [0.1, 0.15) is 0 Å². The van der Waals surface area contributed by atoms with Crippen LogP contribution in [0.2, 0.25) is 0 Å². The lowest BCUT2D eigenvalue weighted by atomic mass is 10.2. The lowest BCUT2D eigenvalue weighted by Gasteiger charge is -2.21. The highest BCUT2D eigenvalue weighted by Gasteiger charge is 2.08. The van der Waals surface area contributed by atoms with Crippen LogP contribution in [0.4, 0.5) is 0 Å². The van der Waals surface area contributed by atoms with E-state index in [2.05, 4.69) is 23.7 Å². The van der Waals surface area contributed by atoms with Gasteiger partial charge in [0.15, 0.2) is 0 Å². The fourth-order valence-electron chi connectivity index (χ4n) is 1.14. The summed E-state index contributed by atoms with van der Waals surface area (Å²) < 4.78 is 5.36. The Labute approximate surface area is 88.1 Å². The van der Waals surface area contributed by atoms with E-state index in [1.165, 1.54) is 0 Å². The Morgan fingerprint density at radius 1 is 1.57 bits per heavy atom. The van der Waals surface area contributed by atoms with E-state index in [4.69, 9.17) is 4.74 Å². The van der Waals surface area contributed by atoms with Gasteiger partial charge in [0.2, 0.25) is 0 Å². The second-order valence-electron chi connectivity index (χ2n) is 3.66. The van der Waals surface area contributed by atoms with Crippen LogP contribution in [0.3, 0.4) is 0 Å². The quantitative estimate of drug-likeness (QED) is 0.691. The summed E-state index contributed by atoms with van der Waals surface area (Å²) in [5, 5.41) is 3.26. The molecule has 1 heterocycles. The monoisotopic (exact) mass is 200 g/mol.